The van der Waals surface area contributed by atoms with Gasteiger partial charge in [0.15, 0.2) is 4.80 Å². The van der Waals surface area contributed by atoms with Crippen molar-refractivity contribution in [3.63, 3.8) is 0 Å². The molecule has 1 aliphatic rings. The number of amides is 1. The number of hydrogen-bond donors (Lipinski definition) is 0. The highest BCUT2D eigenvalue weighted by atomic mass is 32.1. The van der Waals surface area contributed by atoms with E-state index >= 15 is 0 Å². The van der Waals surface area contributed by atoms with Crippen LogP contribution in [0.5, 0.6) is 0 Å². The van der Waals surface area contributed by atoms with Crippen LogP contribution >= 0.6 is 11.3 Å². The van der Waals surface area contributed by atoms with Gasteiger partial charge in [0.25, 0.3) is 0 Å². The van der Waals surface area contributed by atoms with Crippen molar-refractivity contribution in [1.29, 1.82) is 0 Å². The van der Waals surface area contributed by atoms with Gasteiger partial charge in [-0.15, -0.1) is 0 Å². The van der Waals surface area contributed by atoms with Crippen molar-refractivity contribution >= 4 is 44.2 Å². The van der Waals surface area contributed by atoms with Crippen LogP contribution < -0.4 is 4.80 Å². The molecule has 0 atom stereocenters. The third kappa shape index (κ3) is 3.31. The summed E-state index contributed by atoms with van der Waals surface area (Å²) in [6.07, 6.45) is 1.27. The van der Waals surface area contributed by atoms with Gasteiger partial charge >= 0.3 is 11.9 Å². The number of nitrogens with zero attached hydrogens (tertiary/aromatic N) is 2. The van der Waals surface area contributed by atoms with Gasteiger partial charge in [0.1, 0.15) is 26.0 Å². The number of ether oxygens (including phenoxy) is 3. The highest BCUT2D eigenvalue weighted by molar-refractivity contribution is 7.17. The fourth-order valence-electron chi connectivity index (χ4n) is 2.85. The second kappa shape index (κ2) is 7.24. The zero-order valence-electron chi connectivity index (χ0n) is 14.5. The zero-order valence-corrected chi connectivity index (χ0v) is 15.3. The first-order valence-electron chi connectivity index (χ1n) is 8.29. The highest BCUT2D eigenvalue weighted by Gasteiger charge is 2.17. The molecule has 0 bridgehead atoms. The maximum absolute atomic E-state index is 12.5. The Labute approximate surface area is 158 Å². The molecule has 3 aromatic rings. The van der Waals surface area contributed by atoms with Crippen LogP contribution in [-0.4, -0.2) is 36.8 Å². The molecular weight excluding hydrogens is 368 g/mol. The van der Waals surface area contributed by atoms with E-state index in [0.29, 0.717) is 18.0 Å². The van der Waals surface area contributed by atoms with Crippen molar-refractivity contribution in [1.82, 2.24) is 4.57 Å². The van der Waals surface area contributed by atoms with Crippen LogP contribution in [-0.2, 0) is 30.3 Å². The number of carbonyl (C=O) groups is 2. The second-order valence-electron chi connectivity index (χ2n) is 5.80. The number of methoxy groups -OCH3 is 1. The summed E-state index contributed by atoms with van der Waals surface area (Å²) in [6.45, 7) is 0.650. The Hall–Kier alpha value is -3.13. The number of hydrogen-bond acceptors (Lipinski definition) is 6. The van der Waals surface area contributed by atoms with E-state index < -0.39 is 11.9 Å². The molecular formula is C19H16N2O5S. The van der Waals surface area contributed by atoms with Crippen molar-refractivity contribution in [2.45, 2.75) is 6.54 Å². The first kappa shape index (κ1) is 17.3. The van der Waals surface area contributed by atoms with Crippen molar-refractivity contribution in [2.75, 3.05) is 20.3 Å². The van der Waals surface area contributed by atoms with Crippen LogP contribution in [0.1, 0.15) is 0 Å². The maximum atomic E-state index is 12.5. The molecule has 0 spiro atoms. The molecule has 2 aromatic carbocycles. The molecule has 27 heavy (non-hydrogen) atoms. The molecule has 138 valence electrons. The van der Waals surface area contributed by atoms with Crippen LogP contribution in [0.3, 0.4) is 0 Å². The number of aromatic nitrogens is 1. The van der Waals surface area contributed by atoms with E-state index in [4.69, 9.17) is 14.2 Å². The Balaban J connectivity index is 1.92. The van der Waals surface area contributed by atoms with Gasteiger partial charge in [-0.05, 0) is 11.5 Å². The lowest BCUT2D eigenvalue weighted by Gasteiger charge is -2.12. The van der Waals surface area contributed by atoms with Crippen LogP contribution in [0.25, 0.3) is 21.0 Å². The molecule has 0 fully saturated rings. The molecule has 2 heterocycles. The van der Waals surface area contributed by atoms with Gasteiger partial charge in [0.05, 0.1) is 17.3 Å². The summed E-state index contributed by atoms with van der Waals surface area (Å²) in [6, 6.07) is 11.8. The average Bonchev–Trinajstić information content (AvgIpc) is 3.06. The van der Waals surface area contributed by atoms with E-state index in [1.807, 2.05) is 36.4 Å². The van der Waals surface area contributed by atoms with Gasteiger partial charge in [-0.2, -0.15) is 4.99 Å². The number of esters is 1. The molecule has 8 heteroatoms. The van der Waals surface area contributed by atoms with E-state index in [9.17, 15) is 9.59 Å². The lowest BCUT2D eigenvalue weighted by atomic mass is 10.1. The van der Waals surface area contributed by atoms with E-state index in [2.05, 4.69) is 4.99 Å². The number of rotatable bonds is 3. The smallest absolute Gasteiger partial charge is 0.325 e. The summed E-state index contributed by atoms with van der Waals surface area (Å²) in [7, 11) is 1.33. The van der Waals surface area contributed by atoms with Crippen molar-refractivity contribution in [2.24, 2.45) is 4.99 Å². The lowest BCUT2D eigenvalue weighted by molar-refractivity contribution is -0.141. The number of benzene rings is 2. The maximum Gasteiger partial charge on any atom is 0.325 e. The molecule has 7 nitrogen and oxygen atoms in total. The van der Waals surface area contributed by atoms with Gasteiger partial charge in [-0.3, -0.25) is 9.59 Å². The zero-order chi connectivity index (χ0) is 18.8. The Morgan fingerprint density at radius 1 is 1.22 bits per heavy atom. The van der Waals surface area contributed by atoms with Crippen LogP contribution in [0.2, 0.25) is 0 Å². The molecule has 4 rings (SSSR count). The largest absolute Gasteiger partial charge is 0.494 e. The molecule has 0 aliphatic carbocycles. The number of fused-ring (bicyclic) bond motifs is 3. The first-order chi connectivity index (χ1) is 13.2. The minimum atomic E-state index is -0.552. The molecule has 0 saturated carbocycles. The lowest BCUT2D eigenvalue weighted by Crippen LogP contribution is -2.23. The van der Waals surface area contributed by atoms with Gasteiger partial charge < -0.3 is 18.8 Å². The summed E-state index contributed by atoms with van der Waals surface area (Å²) < 4.78 is 17.8. The van der Waals surface area contributed by atoms with Crippen LogP contribution in [0, 0.1) is 0 Å². The molecule has 1 amide bonds. The molecule has 1 aromatic heterocycles. The number of carbonyl (C=O) groups excluding carboxylic acids is 2. The molecule has 0 saturated heterocycles. The standard InChI is InChI=1S/C19H16N2O5S/c1-24-16(22)10-21-14-7-6-12-4-2-3-5-13(12)17(14)27-19(21)20-18(23)15-11-25-8-9-26-15/h2-7,11H,8-10H2,1H3. The summed E-state index contributed by atoms with van der Waals surface area (Å²) in [4.78, 5) is 28.9. The SMILES string of the molecule is COC(=O)Cn1c(=NC(=O)C2=COCCO2)sc2c3ccccc3ccc21. The van der Waals surface area contributed by atoms with Crippen molar-refractivity contribution in [3.8, 4) is 0 Å². The van der Waals surface area contributed by atoms with Gasteiger partial charge in [-0.1, -0.05) is 41.7 Å². The van der Waals surface area contributed by atoms with Crippen molar-refractivity contribution < 1.29 is 23.8 Å². The van der Waals surface area contributed by atoms with Crippen LogP contribution in [0.15, 0.2) is 53.4 Å². The Kier molecular flexibility index (Phi) is 4.64. The Bertz CT molecular complexity index is 1140. The Morgan fingerprint density at radius 2 is 2.07 bits per heavy atom. The Morgan fingerprint density at radius 3 is 2.85 bits per heavy atom. The highest BCUT2D eigenvalue weighted by Crippen LogP contribution is 2.27. The fraction of sp³-hybridized carbons (Fsp3) is 0.211. The minimum Gasteiger partial charge on any atom is -0.494 e. The van der Waals surface area contributed by atoms with E-state index in [-0.39, 0.29) is 12.3 Å². The fourth-order valence-corrected chi connectivity index (χ4v) is 4.02. The third-order valence-electron chi connectivity index (χ3n) is 4.15. The summed E-state index contributed by atoms with van der Waals surface area (Å²) in [5, 5.41) is 2.10. The summed E-state index contributed by atoms with van der Waals surface area (Å²) in [5.41, 5.74) is 0.811. The molecule has 0 unspecified atom stereocenters. The van der Waals surface area contributed by atoms with Crippen LogP contribution in [0.4, 0.5) is 0 Å². The predicted molar refractivity (Wildman–Crippen MR) is 99.9 cm³/mol. The monoisotopic (exact) mass is 384 g/mol. The van der Waals surface area contributed by atoms with E-state index in [1.165, 1.54) is 24.7 Å². The first-order valence-corrected chi connectivity index (χ1v) is 9.10. The molecule has 0 N–H and O–H groups in total. The molecule has 0 radical (unpaired) electrons. The summed E-state index contributed by atoms with van der Waals surface area (Å²) >= 11 is 1.34. The average molecular weight is 384 g/mol. The second-order valence-corrected chi connectivity index (χ2v) is 6.78. The van der Waals surface area contributed by atoms with Crippen molar-refractivity contribution in [3.05, 3.63) is 53.2 Å². The van der Waals surface area contributed by atoms with Gasteiger partial charge in [0.2, 0.25) is 5.76 Å². The van der Waals surface area contributed by atoms with Gasteiger partial charge in [0, 0.05) is 5.39 Å². The predicted octanol–water partition coefficient (Wildman–Crippen LogP) is 2.34. The minimum absolute atomic E-state index is 0.0443. The van der Waals surface area contributed by atoms with E-state index in [0.717, 1.165) is 21.0 Å². The normalized spacial score (nSPS) is 14.6. The quantitative estimate of drug-likeness (QED) is 0.648. The van der Waals surface area contributed by atoms with E-state index in [1.54, 1.807) is 4.57 Å². The van der Waals surface area contributed by atoms with Gasteiger partial charge in [-0.25, -0.2) is 0 Å². The number of thiazole rings is 1. The third-order valence-corrected chi connectivity index (χ3v) is 5.27. The topological polar surface area (TPSA) is 79.1 Å². The summed E-state index contributed by atoms with van der Waals surface area (Å²) in [5.74, 6) is -0.925. The molecule has 1 aliphatic heterocycles.